The van der Waals surface area contributed by atoms with Crippen LogP contribution in [0.3, 0.4) is 0 Å². The summed E-state index contributed by atoms with van der Waals surface area (Å²) in [6, 6.07) is 9.50. The minimum absolute atomic E-state index is 0.210. The Morgan fingerprint density at radius 3 is 2.44 bits per heavy atom. The zero-order chi connectivity index (χ0) is 19.9. The van der Waals surface area contributed by atoms with Gasteiger partial charge >= 0.3 is 0 Å². The van der Waals surface area contributed by atoms with Gasteiger partial charge in [0.25, 0.3) is 0 Å². The van der Waals surface area contributed by atoms with Gasteiger partial charge in [0.05, 0.1) is 6.54 Å². The van der Waals surface area contributed by atoms with Crippen molar-refractivity contribution in [2.24, 2.45) is 4.99 Å². The molecular weight excluding hydrogens is 334 g/mol. The van der Waals surface area contributed by atoms with Gasteiger partial charge in [-0.25, -0.2) is 0 Å². The average Bonchev–Trinajstić information content (AvgIpc) is 2.62. The molecule has 5 nitrogen and oxygen atoms in total. The molecule has 0 aliphatic carbocycles. The molecule has 1 aliphatic rings. The molecule has 2 rings (SSSR count). The van der Waals surface area contributed by atoms with E-state index >= 15 is 0 Å². The third-order valence-electron chi connectivity index (χ3n) is 5.31. The smallest absolute Gasteiger partial charge is 0.191 e. The van der Waals surface area contributed by atoms with E-state index in [1.807, 2.05) is 0 Å². The average molecular weight is 374 g/mol. The molecule has 0 aromatic heterocycles. The summed E-state index contributed by atoms with van der Waals surface area (Å²) in [5.74, 6) is 0.922. The van der Waals surface area contributed by atoms with Crippen molar-refractivity contribution in [3.63, 3.8) is 0 Å². The van der Waals surface area contributed by atoms with Crippen LogP contribution in [-0.2, 0) is 11.8 Å². The summed E-state index contributed by atoms with van der Waals surface area (Å²) < 4.78 is 0. The van der Waals surface area contributed by atoms with Crippen molar-refractivity contribution < 1.29 is 0 Å². The number of aliphatic imine (C=N–C) groups is 1. The van der Waals surface area contributed by atoms with Gasteiger partial charge < -0.3 is 15.5 Å². The molecule has 5 heteroatoms. The first-order chi connectivity index (χ1) is 12.8. The fraction of sp³-hybridized carbons (Fsp3) is 0.682. The van der Waals surface area contributed by atoms with Gasteiger partial charge in [-0.3, -0.25) is 9.89 Å². The van der Waals surface area contributed by atoms with Crippen molar-refractivity contribution in [3.8, 4) is 0 Å². The number of hydrogen-bond acceptors (Lipinski definition) is 3. The third kappa shape index (κ3) is 7.15. The molecule has 1 aromatic carbocycles. The highest BCUT2D eigenvalue weighted by Crippen LogP contribution is 2.22. The molecule has 27 heavy (non-hydrogen) atoms. The van der Waals surface area contributed by atoms with Gasteiger partial charge in [-0.05, 0) is 44.0 Å². The van der Waals surface area contributed by atoms with E-state index in [1.165, 1.54) is 11.1 Å². The van der Waals surface area contributed by atoms with E-state index in [-0.39, 0.29) is 5.41 Å². The highest BCUT2D eigenvalue weighted by Gasteiger charge is 2.21. The van der Waals surface area contributed by atoms with Crippen LogP contribution < -0.4 is 10.6 Å². The summed E-state index contributed by atoms with van der Waals surface area (Å²) in [4.78, 5) is 9.64. The molecule has 0 bridgehead atoms. The second-order valence-electron chi connectivity index (χ2n) is 8.74. The van der Waals surface area contributed by atoms with Crippen molar-refractivity contribution in [1.29, 1.82) is 0 Å². The Kier molecular flexibility index (Phi) is 8.11. The normalized spacial score (nSPS) is 19.9. The van der Waals surface area contributed by atoms with Crippen LogP contribution in [0.4, 0.5) is 0 Å². The molecule has 0 radical (unpaired) electrons. The first kappa shape index (κ1) is 21.7. The van der Waals surface area contributed by atoms with Crippen LogP contribution in [0.25, 0.3) is 0 Å². The van der Waals surface area contributed by atoms with E-state index in [0.29, 0.717) is 6.04 Å². The monoisotopic (exact) mass is 373 g/mol. The number of benzene rings is 1. The first-order valence-corrected chi connectivity index (χ1v) is 10.3. The maximum Gasteiger partial charge on any atom is 0.191 e. The fourth-order valence-electron chi connectivity index (χ4n) is 3.33. The van der Waals surface area contributed by atoms with Gasteiger partial charge in [0.2, 0.25) is 0 Å². The maximum absolute atomic E-state index is 4.83. The van der Waals surface area contributed by atoms with Crippen molar-refractivity contribution in [1.82, 2.24) is 20.4 Å². The second kappa shape index (κ2) is 10.1. The third-order valence-corrected chi connectivity index (χ3v) is 5.31. The summed E-state index contributed by atoms with van der Waals surface area (Å²) in [6.45, 7) is 14.8. The predicted octanol–water partition coefficient (Wildman–Crippen LogP) is 2.33. The summed E-state index contributed by atoms with van der Waals surface area (Å²) in [5.41, 5.74) is 2.96. The lowest BCUT2D eigenvalue weighted by atomic mass is 9.86. The molecule has 1 atom stereocenters. The highest BCUT2D eigenvalue weighted by atomic mass is 15.3. The number of likely N-dealkylation sites (N-methyl/N-ethyl adjacent to an activating group) is 2. The van der Waals surface area contributed by atoms with Gasteiger partial charge in [0, 0.05) is 38.8 Å². The van der Waals surface area contributed by atoms with E-state index in [0.717, 1.165) is 51.6 Å². The summed E-state index contributed by atoms with van der Waals surface area (Å²) in [7, 11) is 4.40. The van der Waals surface area contributed by atoms with Crippen LogP contribution in [0.5, 0.6) is 0 Å². The molecule has 1 aromatic rings. The van der Waals surface area contributed by atoms with Crippen LogP contribution in [0.15, 0.2) is 29.3 Å². The Hall–Kier alpha value is -1.59. The Bertz CT molecular complexity index is 588. The molecule has 1 aliphatic heterocycles. The topological polar surface area (TPSA) is 42.9 Å². The van der Waals surface area contributed by atoms with Crippen LogP contribution >= 0.6 is 0 Å². The van der Waals surface area contributed by atoms with Crippen LogP contribution in [-0.4, -0.2) is 75.2 Å². The molecule has 1 unspecified atom stereocenters. The number of nitrogens with zero attached hydrogens (tertiary/aromatic N) is 3. The largest absolute Gasteiger partial charge is 0.357 e. The molecule has 0 amide bonds. The number of hydrogen-bond donors (Lipinski definition) is 2. The molecule has 1 heterocycles. The Morgan fingerprint density at radius 2 is 1.81 bits per heavy atom. The number of nitrogens with one attached hydrogen (secondary N) is 2. The van der Waals surface area contributed by atoms with E-state index < -0.39 is 0 Å². The summed E-state index contributed by atoms with van der Waals surface area (Å²) >= 11 is 0. The summed E-state index contributed by atoms with van der Waals surface area (Å²) in [5, 5.41) is 6.86. The van der Waals surface area contributed by atoms with Crippen molar-refractivity contribution in [2.75, 3.05) is 53.4 Å². The first-order valence-electron chi connectivity index (χ1n) is 10.3. The quantitative estimate of drug-likeness (QED) is 0.593. The molecular formula is C22H39N5. The van der Waals surface area contributed by atoms with Gasteiger partial charge in [0.1, 0.15) is 0 Å². The van der Waals surface area contributed by atoms with Gasteiger partial charge in [0.15, 0.2) is 5.96 Å². The van der Waals surface area contributed by atoms with E-state index in [1.54, 1.807) is 0 Å². The lowest BCUT2D eigenvalue weighted by molar-refractivity contribution is 0.119. The van der Waals surface area contributed by atoms with Gasteiger partial charge in [-0.15, -0.1) is 0 Å². The van der Waals surface area contributed by atoms with Crippen LogP contribution in [0.2, 0.25) is 0 Å². The zero-order valence-corrected chi connectivity index (χ0v) is 18.2. The number of piperazine rings is 1. The Labute approximate surface area is 166 Å². The van der Waals surface area contributed by atoms with Crippen molar-refractivity contribution in [2.45, 2.75) is 45.6 Å². The molecule has 1 saturated heterocycles. The number of rotatable bonds is 6. The van der Waals surface area contributed by atoms with E-state index in [4.69, 9.17) is 4.99 Å². The van der Waals surface area contributed by atoms with Crippen LogP contribution in [0.1, 0.15) is 38.8 Å². The summed E-state index contributed by atoms with van der Waals surface area (Å²) in [6.07, 6.45) is 1.00. The molecule has 1 fully saturated rings. The Balaban J connectivity index is 1.84. The van der Waals surface area contributed by atoms with Crippen LogP contribution in [0, 0.1) is 0 Å². The van der Waals surface area contributed by atoms with Gasteiger partial charge in [-0.1, -0.05) is 45.0 Å². The molecule has 2 N–H and O–H groups in total. The van der Waals surface area contributed by atoms with Gasteiger partial charge in [-0.2, -0.15) is 0 Å². The predicted molar refractivity (Wildman–Crippen MR) is 117 cm³/mol. The molecule has 152 valence electrons. The second-order valence-corrected chi connectivity index (χ2v) is 8.74. The lowest BCUT2D eigenvalue weighted by Crippen LogP contribution is -2.51. The highest BCUT2D eigenvalue weighted by molar-refractivity contribution is 5.79. The maximum atomic E-state index is 4.83. The van der Waals surface area contributed by atoms with E-state index in [2.05, 4.69) is 86.5 Å². The van der Waals surface area contributed by atoms with Crippen molar-refractivity contribution >= 4 is 5.96 Å². The lowest BCUT2D eigenvalue weighted by Gasteiger charge is -2.36. The standard InChI is InChI=1S/C22H39N5/c1-7-23-21(25-16-20-17-26(5)14-15-27(20)6)24-13-12-18-8-10-19(11-9-18)22(2,3)4/h8-11,20H,7,12-17H2,1-6H3,(H2,23,24,25). The minimum Gasteiger partial charge on any atom is -0.357 e. The minimum atomic E-state index is 0.210. The van der Waals surface area contributed by atoms with E-state index in [9.17, 15) is 0 Å². The molecule has 0 spiro atoms. The zero-order valence-electron chi connectivity index (χ0n) is 18.2. The SMILES string of the molecule is CCNC(=NCC1CN(C)CCN1C)NCCc1ccc(C(C)(C)C)cc1. The number of guanidine groups is 1. The molecule has 0 saturated carbocycles. The van der Waals surface area contributed by atoms with Crippen molar-refractivity contribution in [3.05, 3.63) is 35.4 Å². The fourth-order valence-corrected chi connectivity index (χ4v) is 3.33. The Morgan fingerprint density at radius 1 is 1.11 bits per heavy atom.